The molecule has 0 unspecified atom stereocenters. The van der Waals surface area contributed by atoms with E-state index in [0.29, 0.717) is 5.92 Å². The molecule has 19 heavy (non-hydrogen) atoms. The fourth-order valence-electron chi connectivity index (χ4n) is 1.52. The summed E-state index contributed by atoms with van der Waals surface area (Å²) >= 11 is 1.66. The maximum Gasteiger partial charge on any atom is 0.145 e. The van der Waals surface area contributed by atoms with Crippen molar-refractivity contribution >= 4 is 27.2 Å². The Hall–Kier alpha value is -2.37. The van der Waals surface area contributed by atoms with E-state index >= 15 is 0 Å². The van der Waals surface area contributed by atoms with Gasteiger partial charge in [-0.15, -0.1) is 11.3 Å². The monoisotopic (exact) mass is 268 g/mol. The third-order valence-corrected chi connectivity index (χ3v) is 3.84. The first-order chi connectivity index (χ1) is 9.13. The van der Waals surface area contributed by atoms with Crippen LogP contribution in [-0.4, -0.2) is 4.98 Å². The van der Waals surface area contributed by atoms with Crippen molar-refractivity contribution < 1.29 is 0 Å². The molecular formula is C14H12N4S. The molecule has 1 aromatic heterocycles. The summed E-state index contributed by atoms with van der Waals surface area (Å²) in [5.41, 5.74) is 1.87. The number of allylic oxidation sites excluding steroid dienone is 1. The van der Waals surface area contributed by atoms with Crippen LogP contribution in [0.25, 0.3) is 10.2 Å². The third kappa shape index (κ3) is 2.90. The van der Waals surface area contributed by atoms with Crippen LogP contribution in [0.2, 0.25) is 0 Å². The standard InChI is InChI=1S/C14H12N4S/c1-9(2)14-18-12-4-3-11(5-13(12)19-14)17-8-10(6-15)7-16/h3-5,8-9,17H,1-2H3. The van der Waals surface area contributed by atoms with Crippen LogP contribution in [0.5, 0.6) is 0 Å². The highest BCUT2D eigenvalue weighted by molar-refractivity contribution is 7.18. The van der Waals surface area contributed by atoms with E-state index < -0.39 is 0 Å². The van der Waals surface area contributed by atoms with E-state index in [1.165, 1.54) is 6.20 Å². The van der Waals surface area contributed by atoms with Gasteiger partial charge in [-0.1, -0.05) is 13.8 Å². The van der Waals surface area contributed by atoms with Crippen molar-refractivity contribution in [1.82, 2.24) is 4.98 Å². The number of hydrogen-bond acceptors (Lipinski definition) is 5. The van der Waals surface area contributed by atoms with Gasteiger partial charge in [-0.25, -0.2) is 4.98 Å². The van der Waals surface area contributed by atoms with Crippen molar-refractivity contribution in [3.8, 4) is 12.1 Å². The SMILES string of the molecule is CC(C)c1nc2ccc(NC=C(C#N)C#N)cc2s1. The molecule has 2 rings (SSSR count). The molecule has 0 saturated carbocycles. The van der Waals surface area contributed by atoms with Gasteiger partial charge < -0.3 is 5.32 Å². The van der Waals surface area contributed by atoms with Crippen molar-refractivity contribution in [3.63, 3.8) is 0 Å². The summed E-state index contributed by atoms with van der Waals surface area (Å²) in [6.07, 6.45) is 1.41. The minimum Gasteiger partial charge on any atom is -0.360 e. The lowest BCUT2D eigenvalue weighted by molar-refractivity contribution is 0.857. The molecule has 0 spiro atoms. The summed E-state index contributed by atoms with van der Waals surface area (Å²) in [6, 6.07) is 9.41. The lowest BCUT2D eigenvalue weighted by Crippen LogP contribution is -1.89. The van der Waals surface area contributed by atoms with E-state index in [1.54, 1.807) is 23.5 Å². The Morgan fingerprint density at radius 3 is 2.74 bits per heavy atom. The van der Waals surface area contributed by atoms with Crippen LogP contribution in [0.15, 0.2) is 30.0 Å². The molecule has 0 bridgehead atoms. The van der Waals surface area contributed by atoms with Gasteiger partial charge in [-0.2, -0.15) is 10.5 Å². The molecule has 0 aliphatic carbocycles. The van der Waals surface area contributed by atoms with Crippen LogP contribution in [0.1, 0.15) is 24.8 Å². The largest absolute Gasteiger partial charge is 0.360 e. The van der Waals surface area contributed by atoms with Gasteiger partial charge in [0.05, 0.1) is 15.2 Å². The number of thiazole rings is 1. The predicted molar refractivity (Wildman–Crippen MR) is 76.6 cm³/mol. The van der Waals surface area contributed by atoms with Gasteiger partial charge >= 0.3 is 0 Å². The number of nitrogens with one attached hydrogen (secondary N) is 1. The minimum absolute atomic E-state index is 0.0484. The van der Waals surface area contributed by atoms with Gasteiger partial charge in [0.2, 0.25) is 0 Å². The summed E-state index contributed by atoms with van der Waals surface area (Å²) in [7, 11) is 0. The van der Waals surface area contributed by atoms with Gasteiger partial charge in [0.15, 0.2) is 0 Å². The fraction of sp³-hybridized carbons (Fsp3) is 0.214. The van der Waals surface area contributed by atoms with E-state index in [9.17, 15) is 0 Å². The van der Waals surface area contributed by atoms with Crippen molar-refractivity contribution in [2.45, 2.75) is 19.8 Å². The number of anilines is 1. The van der Waals surface area contributed by atoms with Crippen LogP contribution >= 0.6 is 11.3 Å². The molecule has 1 N–H and O–H groups in total. The van der Waals surface area contributed by atoms with Crippen molar-refractivity contribution in [2.75, 3.05) is 5.32 Å². The second kappa shape index (κ2) is 5.51. The Morgan fingerprint density at radius 2 is 2.11 bits per heavy atom. The van der Waals surface area contributed by atoms with E-state index in [0.717, 1.165) is 20.9 Å². The van der Waals surface area contributed by atoms with Gasteiger partial charge in [-0.05, 0) is 18.2 Å². The average Bonchev–Trinajstić information content (AvgIpc) is 2.83. The maximum atomic E-state index is 8.65. The first kappa shape index (κ1) is 13.1. The molecule has 0 saturated heterocycles. The van der Waals surface area contributed by atoms with E-state index in [2.05, 4.69) is 24.1 Å². The third-order valence-electron chi connectivity index (χ3n) is 2.52. The quantitative estimate of drug-likeness (QED) is 0.860. The first-order valence-corrected chi connectivity index (χ1v) is 6.63. The highest BCUT2D eigenvalue weighted by Crippen LogP contribution is 2.29. The molecule has 0 radical (unpaired) electrons. The van der Waals surface area contributed by atoms with Gasteiger partial charge in [0.1, 0.15) is 17.7 Å². The molecule has 0 atom stereocenters. The topological polar surface area (TPSA) is 72.5 Å². The van der Waals surface area contributed by atoms with Crippen molar-refractivity contribution in [1.29, 1.82) is 10.5 Å². The minimum atomic E-state index is 0.0484. The molecule has 0 amide bonds. The molecule has 2 aromatic rings. The summed E-state index contributed by atoms with van der Waals surface area (Å²) in [6.45, 7) is 4.23. The summed E-state index contributed by atoms with van der Waals surface area (Å²) in [5.74, 6) is 0.414. The van der Waals surface area contributed by atoms with Crippen LogP contribution in [-0.2, 0) is 0 Å². The number of rotatable bonds is 3. The highest BCUT2D eigenvalue weighted by atomic mass is 32.1. The highest BCUT2D eigenvalue weighted by Gasteiger charge is 2.07. The Bertz CT molecular complexity index is 697. The first-order valence-electron chi connectivity index (χ1n) is 5.81. The van der Waals surface area contributed by atoms with E-state index in [4.69, 9.17) is 10.5 Å². The number of aromatic nitrogens is 1. The molecule has 0 aliphatic rings. The normalized spacial score (nSPS) is 9.95. The van der Waals surface area contributed by atoms with E-state index in [1.807, 2.05) is 18.2 Å². The Morgan fingerprint density at radius 1 is 1.37 bits per heavy atom. The van der Waals surface area contributed by atoms with Gasteiger partial charge in [-0.3, -0.25) is 0 Å². The second-order valence-electron chi connectivity index (χ2n) is 4.32. The van der Waals surface area contributed by atoms with Crippen LogP contribution in [0, 0.1) is 22.7 Å². The molecular weight excluding hydrogens is 256 g/mol. The molecule has 94 valence electrons. The summed E-state index contributed by atoms with van der Waals surface area (Å²) < 4.78 is 1.09. The number of nitriles is 2. The molecule has 1 heterocycles. The van der Waals surface area contributed by atoms with E-state index in [-0.39, 0.29) is 5.57 Å². The van der Waals surface area contributed by atoms with Crippen LogP contribution in [0.3, 0.4) is 0 Å². The number of fused-ring (bicyclic) bond motifs is 1. The number of hydrogen-bond donors (Lipinski definition) is 1. The summed E-state index contributed by atoms with van der Waals surface area (Å²) in [4.78, 5) is 4.55. The van der Waals surface area contributed by atoms with Crippen molar-refractivity contribution in [2.24, 2.45) is 0 Å². The number of benzene rings is 1. The Labute approximate surface area is 115 Å². The predicted octanol–water partition coefficient (Wildman–Crippen LogP) is 3.76. The second-order valence-corrected chi connectivity index (χ2v) is 5.38. The zero-order valence-electron chi connectivity index (χ0n) is 10.6. The molecule has 4 nitrogen and oxygen atoms in total. The van der Waals surface area contributed by atoms with Gasteiger partial charge in [0, 0.05) is 17.8 Å². The Balaban J connectivity index is 2.30. The average molecular weight is 268 g/mol. The van der Waals surface area contributed by atoms with Crippen molar-refractivity contribution in [3.05, 3.63) is 35.0 Å². The molecule has 5 heteroatoms. The van der Waals surface area contributed by atoms with Crippen LogP contribution < -0.4 is 5.32 Å². The maximum absolute atomic E-state index is 8.65. The summed E-state index contributed by atoms with van der Waals surface area (Å²) in [5, 5.41) is 21.4. The zero-order chi connectivity index (χ0) is 13.8. The molecule has 0 aliphatic heterocycles. The fourth-order valence-corrected chi connectivity index (χ4v) is 2.53. The van der Waals surface area contributed by atoms with Gasteiger partial charge in [0.25, 0.3) is 0 Å². The lowest BCUT2D eigenvalue weighted by atomic mass is 10.2. The Kier molecular flexibility index (Phi) is 3.79. The zero-order valence-corrected chi connectivity index (χ0v) is 11.5. The lowest BCUT2D eigenvalue weighted by Gasteiger charge is -1.99. The smallest absolute Gasteiger partial charge is 0.145 e. The van der Waals surface area contributed by atoms with Crippen LogP contribution in [0.4, 0.5) is 5.69 Å². The molecule has 0 fully saturated rings. The molecule has 1 aromatic carbocycles. The number of nitrogens with zero attached hydrogens (tertiary/aromatic N) is 3.